The van der Waals surface area contributed by atoms with Crippen LogP contribution < -0.4 is 4.72 Å². The molecule has 0 aliphatic carbocycles. The van der Waals surface area contributed by atoms with Gasteiger partial charge in [-0.2, -0.15) is 4.99 Å². The molecule has 1 unspecified atom stereocenters. The van der Waals surface area contributed by atoms with Crippen LogP contribution in [0.15, 0.2) is 52.4 Å². The molecular formula is C13H9BrN2O3S2. The topological polar surface area (TPSA) is 75.6 Å². The third kappa shape index (κ3) is 2.83. The van der Waals surface area contributed by atoms with Crippen molar-refractivity contribution in [1.29, 1.82) is 0 Å². The first-order valence-corrected chi connectivity index (χ1v) is 9.19. The number of fused-ring (bicyclic) bond motifs is 1. The lowest BCUT2D eigenvalue weighted by Gasteiger charge is -2.09. The largest absolute Gasteiger partial charge is 0.272 e. The second kappa shape index (κ2) is 5.43. The second-order valence-electron chi connectivity index (χ2n) is 4.27. The molecule has 0 bridgehead atoms. The van der Waals surface area contributed by atoms with Gasteiger partial charge in [0.2, 0.25) is 0 Å². The minimum Gasteiger partial charge on any atom is -0.270 e. The van der Waals surface area contributed by atoms with Gasteiger partial charge < -0.3 is 0 Å². The summed E-state index contributed by atoms with van der Waals surface area (Å²) < 4.78 is 26.8. The summed E-state index contributed by atoms with van der Waals surface area (Å²) >= 11 is 4.14. The van der Waals surface area contributed by atoms with E-state index < -0.39 is 20.1 Å². The first-order chi connectivity index (χ1) is 9.97. The van der Waals surface area contributed by atoms with Gasteiger partial charge in [0, 0.05) is 5.39 Å². The third-order valence-electron chi connectivity index (χ3n) is 2.88. The maximum absolute atomic E-state index is 12.5. The van der Waals surface area contributed by atoms with E-state index >= 15 is 0 Å². The zero-order valence-electron chi connectivity index (χ0n) is 10.5. The van der Waals surface area contributed by atoms with Crippen molar-refractivity contribution < 1.29 is 13.2 Å². The number of amidine groups is 1. The second-order valence-corrected chi connectivity index (χ2v) is 8.54. The van der Waals surface area contributed by atoms with Crippen LogP contribution >= 0.6 is 27.7 Å². The molecule has 1 N–H and O–H groups in total. The van der Waals surface area contributed by atoms with Crippen LogP contribution in [0.3, 0.4) is 0 Å². The molecule has 1 atom stereocenters. The highest BCUT2D eigenvalue weighted by atomic mass is 79.9. The highest BCUT2D eigenvalue weighted by molar-refractivity contribution is 9.12. The van der Waals surface area contributed by atoms with Gasteiger partial charge in [-0.1, -0.05) is 64.1 Å². The van der Waals surface area contributed by atoms with Crippen LogP contribution in [-0.2, 0) is 14.8 Å². The Morgan fingerprint density at radius 2 is 1.86 bits per heavy atom. The number of nitrogens with zero attached hydrogens (tertiary/aromatic N) is 1. The number of nitrogens with one attached hydrogen (secondary N) is 1. The molecule has 5 nitrogen and oxygen atoms in total. The zero-order chi connectivity index (χ0) is 15.0. The minimum atomic E-state index is -3.79. The number of rotatable bonds is 2. The number of hydrogen-bond acceptors (Lipinski definition) is 4. The van der Waals surface area contributed by atoms with Gasteiger partial charge in [-0.05, 0) is 11.5 Å². The highest BCUT2D eigenvalue weighted by Crippen LogP contribution is 2.28. The molecule has 108 valence electrons. The number of benzene rings is 2. The molecule has 0 fully saturated rings. The minimum absolute atomic E-state index is 0.0785. The summed E-state index contributed by atoms with van der Waals surface area (Å²) in [5, 5.41) is 1.53. The normalized spacial score (nSPS) is 18.8. The summed E-state index contributed by atoms with van der Waals surface area (Å²) in [5.41, 5.74) is 0. The molecule has 1 aliphatic heterocycles. The van der Waals surface area contributed by atoms with E-state index in [0.717, 1.165) is 17.1 Å². The molecular weight excluding hydrogens is 376 g/mol. The van der Waals surface area contributed by atoms with E-state index in [1.807, 2.05) is 18.2 Å². The molecule has 2 aromatic carbocycles. The maximum Gasteiger partial charge on any atom is 0.272 e. The van der Waals surface area contributed by atoms with Crippen molar-refractivity contribution >= 4 is 59.6 Å². The Morgan fingerprint density at radius 1 is 1.14 bits per heavy atom. The predicted octanol–water partition coefficient (Wildman–Crippen LogP) is 2.47. The fourth-order valence-electron chi connectivity index (χ4n) is 1.97. The summed E-state index contributed by atoms with van der Waals surface area (Å²) in [6.45, 7) is 0. The average molecular weight is 385 g/mol. The Morgan fingerprint density at radius 3 is 2.57 bits per heavy atom. The van der Waals surface area contributed by atoms with Gasteiger partial charge in [0.05, 0.1) is 4.90 Å². The van der Waals surface area contributed by atoms with Crippen molar-refractivity contribution in [2.45, 2.75) is 9.05 Å². The number of carbonyl (C=O) groups is 1. The van der Waals surface area contributed by atoms with Crippen molar-refractivity contribution in [2.75, 3.05) is 0 Å². The van der Waals surface area contributed by atoms with Crippen LogP contribution in [0.25, 0.3) is 10.8 Å². The zero-order valence-corrected chi connectivity index (χ0v) is 13.7. The number of carbonyl (C=O) groups excluding carboxylic acids is 1. The molecule has 0 spiro atoms. The molecule has 0 radical (unpaired) electrons. The Labute approximate surface area is 134 Å². The van der Waals surface area contributed by atoms with Crippen LogP contribution in [0.5, 0.6) is 0 Å². The van der Waals surface area contributed by atoms with Crippen LogP contribution in [0.4, 0.5) is 0 Å². The van der Waals surface area contributed by atoms with Crippen LogP contribution in [-0.4, -0.2) is 23.7 Å². The summed E-state index contributed by atoms with van der Waals surface area (Å²) in [4.78, 5) is 15.2. The van der Waals surface area contributed by atoms with Crippen LogP contribution in [0, 0.1) is 0 Å². The van der Waals surface area contributed by atoms with Crippen molar-refractivity contribution in [2.24, 2.45) is 4.99 Å². The summed E-state index contributed by atoms with van der Waals surface area (Å²) in [6.07, 6.45) is 0. The van der Waals surface area contributed by atoms with Gasteiger partial charge in [-0.25, -0.2) is 8.42 Å². The van der Waals surface area contributed by atoms with E-state index in [1.54, 1.807) is 18.2 Å². The van der Waals surface area contributed by atoms with Gasteiger partial charge in [0.25, 0.3) is 15.9 Å². The summed E-state index contributed by atoms with van der Waals surface area (Å²) in [5.74, 6) is -0.407. The third-order valence-corrected chi connectivity index (χ3v) is 6.19. The molecule has 1 heterocycles. The van der Waals surface area contributed by atoms with Gasteiger partial charge in [0.1, 0.15) is 4.16 Å². The molecule has 1 aliphatic rings. The monoisotopic (exact) mass is 384 g/mol. The van der Waals surface area contributed by atoms with E-state index in [2.05, 4.69) is 25.6 Å². The van der Waals surface area contributed by atoms with E-state index in [0.29, 0.717) is 5.39 Å². The number of amides is 1. The summed E-state index contributed by atoms with van der Waals surface area (Å²) in [7, 11) is -3.79. The Balaban J connectivity index is 2.02. The van der Waals surface area contributed by atoms with E-state index in [1.165, 1.54) is 6.07 Å². The molecule has 8 heteroatoms. The highest BCUT2D eigenvalue weighted by Gasteiger charge is 2.29. The lowest BCUT2D eigenvalue weighted by Crippen LogP contribution is -2.27. The lowest BCUT2D eigenvalue weighted by molar-refractivity contribution is -0.115. The molecule has 0 aromatic heterocycles. The average Bonchev–Trinajstić information content (AvgIpc) is 2.75. The quantitative estimate of drug-likeness (QED) is 0.806. The SMILES string of the molecule is O=C1N=C(NS(=O)(=O)c2cccc3ccccc23)SC1Br. The van der Waals surface area contributed by atoms with Crippen molar-refractivity contribution in [3.8, 4) is 0 Å². The number of thioether (sulfide) groups is 1. The van der Waals surface area contributed by atoms with Crippen LogP contribution in [0.2, 0.25) is 0 Å². The fraction of sp³-hybridized carbons (Fsp3) is 0.0769. The number of halogens is 1. The predicted molar refractivity (Wildman–Crippen MR) is 87.0 cm³/mol. The smallest absolute Gasteiger partial charge is 0.270 e. The molecule has 1 amide bonds. The first-order valence-electron chi connectivity index (χ1n) is 5.91. The Bertz CT molecular complexity index is 859. The van der Waals surface area contributed by atoms with E-state index in [-0.39, 0.29) is 10.1 Å². The number of aliphatic imine (C=N–C) groups is 1. The molecule has 0 saturated heterocycles. The standard InChI is InChI=1S/C13H9BrN2O3S2/c14-11-12(17)15-13(20-11)16-21(18,19)10-7-3-5-8-4-1-2-6-9(8)10/h1-7,11H,(H,15,16,17). The fourth-order valence-corrected chi connectivity index (χ4v) is 4.74. The van der Waals surface area contributed by atoms with E-state index in [4.69, 9.17) is 0 Å². The number of alkyl halides is 1. The molecule has 21 heavy (non-hydrogen) atoms. The molecule has 3 rings (SSSR count). The first kappa shape index (κ1) is 14.6. The van der Waals surface area contributed by atoms with Gasteiger partial charge in [0.15, 0.2) is 5.17 Å². The van der Waals surface area contributed by atoms with Gasteiger partial charge >= 0.3 is 0 Å². The van der Waals surface area contributed by atoms with Crippen molar-refractivity contribution in [3.05, 3.63) is 42.5 Å². The molecule has 0 saturated carbocycles. The van der Waals surface area contributed by atoms with E-state index in [9.17, 15) is 13.2 Å². The lowest BCUT2D eigenvalue weighted by atomic mass is 10.1. The van der Waals surface area contributed by atoms with Gasteiger partial charge in [-0.3, -0.25) is 9.52 Å². The van der Waals surface area contributed by atoms with Crippen molar-refractivity contribution in [1.82, 2.24) is 4.72 Å². The number of hydrogen-bond donors (Lipinski definition) is 1. The van der Waals surface area contributed by atoms with Crippen molar-refractivity contribution in [3.63, 3.8) is 0 Å². The molecule has 2 aromatic rings. The maximum atomic E-state index is 12.5. The summed E-state index contributed by atoms with van der Waals surface area (Å²) in [6, 6.07) is 12.3. The van der Waals surface area contributed by atoms with Crippen LogP contribution in [0.1, 0.15) is 0 Å². The Hall–Kier alpha value is -1.38. The Kier molecular flexibility index (Phi) is 3.76. The number of sulfonamides is 1. The van der Waals surface area contributed by atoms with Gasteiger partial charge in [-0.15, -0.1) is 0 Å².